The molecule has 1 aliphatic carbocycles. The van der Waals surface area contributed by atoms with Crippen LogP contribution in [-0.4, -0.2) is 6.29 Å². The summed E-state index contributed by atoms with van der Waals surface area (Å²) >= 11 is 0. The zero-order valence-corrected chi connectivity index (χ0v) is 11.3. The van der Waals surface area contributed by atoms with Crippen LogP contribution in [0, 0.1) is 17.3 Å². The molecule has 1 rings (SSSR count). The molecule has 0 heterocycles. The molecule has 0 radical (unpaired) electrons. The summed E-state index contributed by atoms with van der Waals surface area (Å²) < 4.78 is 0. The van der Waals surface area contributed by atoms with Crippen molar-refractivity contribution in [1.82, 2.24) is 0 Å². The van der Waals surface area contributed by atoms with E-state index in [2.05, 4.69) is 40.0 Å². The summed E-state index contributed by atoms with van der Waals surface area (Å²) in [7, 11) is 0. The fourth-order valence-electron chi connectivity index (χ4n) is 3.00. The number of aldehydes is 1. The summed E-state index contributed by atoms with van der Waals surface area (Å²) in [5.41, 5.74) is 2.61. The second kappa shape index (κ2) is 5.48. The van der Waals surface area contributed by atoms with Gasteiger partial charge in [0.2, 0.25) is 0 Å². The molecule has 0 spiro atoms. The standard InChI is InChI=1S/C16H24O/c1-6-16(5)9-7-14(13(4)8-10-17)11-15(16)12(2)3/h6,8,10,14-15H,1-2,7,9,11H2,3-5H3/b13-8+/t14-,15+,16-/m0/s1. The van der Waals surface area contributed by atoms with Crippen molar-refractivity contribution < 1.29 is 4.79 Å². The molecule has 1 heteroatoms. The highest BCUT2D eigenvalue weighted by Crippen LogP contribution is 2.48. The van der Waals surface area contributed by atoms with Crippen molar-refractivity contribution in [3.63, 3.8) is 0 Å². The van der Waals surface area contributed by atoms with E-state index < -0.39 is 0 Å². The van der Waals surface area contributed by atoms with Crippen LogP contribution in [0.3, 0.4) is 0 Å². The lowest BCUT2D eigenvalue weighted by Crippen LogP contribution is -2.33. The molecule has 0 unspecified atom stereocenters. The molecule has 1 nitrogen and oxygen atoms in total. The number of rotatable bonds is 4. The highest BCUT2D eigenvalue weighted by atomic mass is 16.1. The van der Waals surface area contributed by atoms with Crippen LogP contribution >= 0.6 is 0 Å². The van der Waals surface area contributed by atoms with Gasteiger partial charge in [-0.3, -0.25) is 4.79 Å². The lowest BCUT2D eigenvalue weighted by atomic mass is 9.61. The molecule has 0 aliphatic heterocycles. The Hall–Kier alpha value is -1.11. The molecular formula is C16H24O. The molecule has 0 aromatic carbocycles. The number of carbonyl (C=O) groups is 1. The third-order valence-electron chi connectivity index (χ3n) is 4.38. The van der Waals surface area contributed by atoms with Crippen LogP contribution in [-0.2, 0) is 4.79 Å². The minimum absolute atomic E-state index is 0.170. The van der Waals surface area contributed by atoms with Gasteiger partial charge >= 0.3 is 0 Å². The first-order chi connectivity index (χ1) is 7.94. The van der Waals surface area contributed by atoms with E-state index in [1.165, 1.54) is 11.1 Å². The summed E-state index contributed by atoms with van der Waals surface area (Å²) in [4.78, 5) is 10.5. The van der Waals surface area contributed by atoms with Crippen molar-refractivity contribution in [3.05, 3.63) is 36.5 Å². The Kier molecular flexibility index (Phi) is 4.50. The second-order valence-electron chi connectivity index (χ2n) is 5.63. The zero-order chi connectivity index (χ0) is 13.1. The third kappa shape index (κ3) is 2.96. The van der Waals surface area contributed by atoms with Crippen LogP contribution in [0.1, 0.15) is 40.0 Å². The Labute approximate surface area is 105 Å². The maximum absolute atomic E-state index is 10.5. The van der Waals surface area contributed by atoms with Gasteiger partial charge in [-0.15, -0.1) is 6.58 Å². The average Bonchev–Trinajstić information content (AvgIpc) is 2.29. The topological polar surface area (TPSA) is 17.1 Å². The lowest BCUT2D eigenvalue weighted by Gasteiger charge is -2.43. The van der Waals surface area contributed by atoms with E-state index in [1.54, 1.807) is 6.08 Å². The molecule has 0 aromatic rings. The fraction of sp³-hybridized carbons (Fsp3) is 0.562. The van der Waals surface area contributed by atoms with Crippen molar-refractivity contribution >= 4 is 6.29 Å². The molecule has 0 N–H and O–H groups in total. The molecule has 1 aliphatic rings. The van der Waals surface area contributed by atoms with Gasteiger partial charge in [-0.1, -0.05) is 30.7 Å². The Bertz CT molecular complexity index is 351. The van der Waals surface area contributed by atoms with Gasteiger partial charge in [0.25, 0.3) is 0 Å². The average molecular weight is 232 g/mol. The van der Waals surface area contributed by atoms with Gasteiger partial charge in [-0.05, 0) is 56.4 Å². The highest BCUT2D eigenvalue weighted by molar-refractivity contribution is 5.66. The molecule has 1 saturated carbocycles. The number of allylic oxidation sites excluding steroid dienone is 4. The van der Waals surface area contributed by atoms with E-state index in [0.29, 0.717) is 11.8 Å². The van der Waals surface area contributed by atoms with E-state index in [1.807, 2.05) is 0 Å². The van der Waals surface area contributed by atoms with Crippen molar-refractivity contribution in [1.29, 1.82) is 0 Å². The molecule has 0 bridgehead atoms. The van der Waals surface area contributed by atoms with Crippen molar-refractivity contribution in [3.8, 4) is 0 Å². The first-order valence-electron chi connectivity index (χ1n) is 6.35. The van der Waals surface area contributed by atoms with Crippen LogP contribution < -0.4 is 0 Å². The van der Waals surface area contributed by atoms with Crippen molar-refractivity contribution in [2.75, 3.05) is 0 Å². The third-order valence-corrected chi connectivity index (χ3v) is 4.38. The molecule has 0 aromatic heterocycles. The smallest absolute Gasteiger partial charge is 0.142 e. The number of carbonyl (C=O) groups excluding carboxylic acids is 1. The quantitative estimate of drug-likeness (QED) is 0.401. The van der Waals surface area contributed by atoms with Gasteiger partial charge in [0.1, 0.15) is 6.29 Å². The minimum atomic E-state index is 0.170. The van der Waals surface area contributed by atoms with Crippen molar-refractivity contribution in [2.45, 2.75) is 40.0 Å². The summed E-state index contributed by atoms with van der Waals surface area (Å²) in [5, 5.41) is 0. The van der Waals surface area contributed by atoms with E-state index in [4.69, 9.17) is 0 Å². The first kappa shape index (κ1) is 14.0. The molecule has 0 amide bonds. The predicted octanol–water partition coefficient (Wildman–Crippen LogP) is 4.32. The largest absolute Gasteiger partial charge is 0.299 e. The Morgan fingerprint density at radius 1 is 1.41 bits per heavy atom. The van der Waals surface area contributed by atoms with E-state index in [0.717, 1.165) is 25.5 Å². The highest BCUT2D eigenvalue weighted by Gasteiger charge is 2.38. The Balaban J connectivity index is 2.90. The minimum Gasteiger partial charge on any atom is -0.299 e. The SMILES string of the molecule is C=C[C@@]1(C)CC[C@H](/C(C)=C/C=O)C[C@@H]1C(=C)C. The summed E-state index contributed by atoms with van der Waals surface area (Å²) in [6.07, 6.45) is 8.05. The molecule has 0 saturated heterocycles. The second-order valence-corrected chi connectivity index (χ2v) is 5.63. The van der Waals surface area contributed by atoms with Gasteiger partial charge in [0.15, 0.2) is 0 Å². The van der Waals surface area contributed by atoms with Crippen LogP contribution in [0.25, 0.3) is 0 Å². The molecule has 94 valence electrons. The lowest BCUT2D eigenvalue weighted by molar-refractivity contribution is -0.104. The van der Waals surface area contributed by atoms with E-state index in [-0.39, 0.29) is 5.41 Å². The van der Waals surface area contributed by atoms with Gasteiger partial charge in [-0.2, -0.15) is 0 Å². The molecule has 1 fully saturated rings. The maximum Gasteiger partial charge on any atom is 0.142 e. The summed E-state index contributed by atoms with van der Waals surface area (Å²) in [6.45, 7) is 14.5. The zero-order valence-electron chi connectivity index (χ0n) is 11.3. The van der Waals surface area contributed by atoms with Crippen LogP contribution in [0.2, 0.25) is 0 Å². The van der Waals surface area contributed by atoms with Crippen molar-refractivity contribution in [2.24, 2.45) is 17.3 Å². The van der Waals surface area contributed by atoms with Crippen LogP contribution in [0.5, 0.6) is 0 Å². The van der Waals surface area contributed by atoms with Gasteiger partial charge in [0, 0.05) is 0 Å². The molecule has 17 heavy (non-hydrogen) atoms. The van der Waals surface area contributed by atoms with Gasteiger partial charge in [-0.25, -0.2) is 0 Å². The Morgan fingerprint density at radius 3 is 2.53 bits per heavy atom. The van der Waals surface area contributed by atoms with Gasteiger partial charge < -0.3 is 0 Å². The number of hydrogen-bond acceptors (Lipinski definition) is 1. The first-order valence-corrected chi connectivity index (χ1v) is 6.35. The monoisotopic (exact) mass is 232 g/mol. The van der Waals surface area contributed by atoms with Gasteiger partial charge in [0.05, 0.1) is 0 Å². The van der Waals surface area contributed by atoms with E-state index >= 15 is 0 Å². The molecule has 3 atom stereocenters. The van der Waals surface area contributed by atoms with Crippen LogP contribution in [0.4, 0.5) is 0 Å². The summed E-state index contributed by atoms with van der Waals surface area (Å²) in [5.74, 6) is 1.00. The van der Waals surface area contributed by atoms with E-state index in [9.17, 15) is 4.79 Å². The normalized spacial score (nSPS) is 34.2. The molecular weight excluding hydrogens is 208 g/mol. The number of hydrogen-bond donors (Lipinski definition) is 0. The fourth-order valence-corrected chi connectivity index (χ4v) is 3.00. The predicted molar refractivity (Wildman–Crippen MR) is 73.8 cm³/mol. The summed E-state index contributed by atoms with van der Waals surface area (Å²) in [6, 6.07) is 0. The van der Waals surface area contributed by atoms with Crippen LogP contribution in [0.15, 0.2) is 36.5 Å². The maximum atomic E-state index is 10.5. The Morgan fingerprint density at radius 2 is 2.06 bits per heavy atom.